The number of pyridine rings is 1. The molecule has 0 radical (unpaired) electrons. The van der Waals surface area contributed by atoms with E-state index in [1.54, 1.807) is 0 Å². The summed E-state index contributed by atoms with van der Waals surface area (Å²) in [5, 5.41) is 3.35. The SMILES string of the molecule is Fc1ccc(-c2cc(-c3ccccc3)nc3c2ccc2ccccc23)cc1. The first-order chi connectivity index (χ1) is 13.3. The summed E-state index contributed by atoms with van der Waals surface area (Å²) in [6, 6.07) is 31.4. The predicted octanol–water partition coefficient (Wildman–Crippen LogP) is 6.86. The molecule has 4 aromatic carbocycles. The van der Waals surface area contributed by atoms with Crippen molar-refractivity contribution in [2.75, 3.05) is 0 Å². The molecular weight excluding hydrogens is 333 g/mol. The average Bonchev–Trinajstić information content (AvgIpc) is 2.74. The highest BCUT2D eigenvalue weighted by molar-refractivity contribution is 6.10. The van der Waals surface area contributed by atoms with Crippen LogP contribution in [0.3, 0.4) is 0 Å². The molecule has 0 fully saturated rings. The van der Waals surface area contributed by atoms with Crippen molar-refractivity contribution >= 4 is 21.7 Å². The van der Waals surface area contributed by atoms with Crippen molar-refractivity contribution in [2.45, 2.75) is 0 Å². The van der Waals surface area contributed by atoms with E-state index in [9.17, 15) is 4.39 Å². The Morgan fingerprint density at radius 2 is 1.33 bits per heavy atom. The Hall–Kier alpha value is -3.52. The lowest BCUT2D eigenvalue weighted by Crippen LogP contribution is -1.91. The first kappa shape index (κ1) is 15.7. The van der Waals surface area contributed by atoms with Gasteiger partial charge in [0.25, 0.3) is 0 Å². The maximum atomic E-state index is 13.5. The molecule has 0 unspecified atom stereocenters. The minimum absolute atomic E-state index is 0.231. The van der Waals surface area contributed by atoms with E-state index in [1.807, 2.05) is 42.5 Å². The second-order valence-electron chi connectivity index (χ2n) is 6.61. The summed E-state index contributed by atoms with van der Waals surface area (Å²) in [6.45, 7) is 0. The Labute approximate surface area is 156 Å². The largest absolute Gasteiger partial charge is 0.247 e. The zero-order valence-corrected chi connectivity index (χ0v) is 14.6. The maximum absolute atomic E-state index is 13.5. The van der Waals surface area contributed by atoms with Gasteiger partial charge in [-0.2, -0.15) is 0 Å². The van der Waals surface area contributed by atoms with Gasteiger partial charge < -0.3 is 0 Å². The molecule has 0 N–H and O–H groups in total. The fourth-order valence-corrected chi connectivity index (χ4v) is 3.59. The monoisotopic (exact) mass is 349 g/mol. The van der Waals surface area contributed by atoms with Gasteiger partial charge in [-0.3, -0.25) is 0 Å². The molecule has 0 saturated heterocycles. The molecule has 0 aliphatic rings. The van der Waals surface area contributed by atoms with Crippen molar-refractivity contribution < 1.29 is 4.39 Å². The van der Waals surface area contributed by atoms with Gasteiger partial charge >= 0.3 is 0 Å². The zero-order chi connectivity index (χ0) is 18.2. The van der Waals surface area contributed by atoms with Crippen molar-refractivity contribution in [2.24, 2.45) is 0 Å². The third-order valence-electron chi connectivity index (χ3n) is 4.93. The van der Waals surface area contributed by atoms with Crippen LogP contribution in [-0.2, 0) is 0 Å². The molecule has 1 aromatic heterocycles. The van der Waals surface area contributed by atoms with E-state index in [0.29, 0.717) is 0 Å². The molecule has 1 heterocycles. The number of halogens is 1. The Morgan fingerprint density at radius 3 is 2.15 bits per heavy atom. The summed E-state index contributed by atoms with van der Waals surface area (Å²) < 4.78 is 13.5. The minimum Gasteiger partial charge on any atom is -0.247 e. The Morgan fingerprint density at radius 1 is 0.593 bits per heavy atom. The second-order valence-corrected chi connectivity index (χ2v) is 6.61. The second kappa shape index (κ2) is 6.33. The fourth-order valence-electron chi connectivity index (χ4n) is 3.59. The highest BCUT2D eigenvalue weighted by atomic mass is 19.1. The third kappa shape index (κ3) is 2.76. The molecule has 1 nitrogen and oxygen atoms in total. The lowest BCUT2D eigenvalue weighted by Gasteiger charge is -2.12. The van der Waals surface area contributed by atoms with E-state index in [4.69, 9.17) is 4.98 Å². The van der Waals surface area contributed by atoms with E-state index in [-0.39, 0.29) is 5.82 Å². The van der Waals surface area contributed by atoms with Crippen molar-refractivity contribution in [1.82, 2.24) is 4.98 Å². The van der Waals surface area contributed by atoms with Gasteiger partial charge in [0.05, 0.1) is 11.2 Å². The molecule has 5 rings (SSSR count). The van der Waals surface area contributed by atoms with Crippen LogP contribution in [0.2, 0.25) is 0 Å². The van der Waals surface area contributed by atoms with Gasteiger partial charge in [0.15, 0.2) is 0 Å². The zero-order valence-electron chi connectivity index (χ0n) is 14.6. The Bertz CT molecular complexity index is 1260. The van der Waals surface area contributed by atoms with Gasteiger partial charge in [-0.05, 0) is 34.7 Å². The summed E-state index contributed by atoms with van der Waals surface area (Å²) in [5.74, 6) is -0.231. The Balaban J connectivity index is 1.89. The molecule has 27 heavy (non-hydrogen) atoms. The summed E-state index contributed by atoms with van der Waals surface area (Å²) in [7, 11) is 0. The lowest BCUT2D eigenvalue weighted by atomic mass is 9.96. The van der Waals surface area contributed by atoms with Crippen LogP contribution in [0, 0.1) is 5.82 Å². The molecule has 2 heteroatoms. The van der Waals surface area contributed by atoms with Crippen LogP contribution in [0.15, 0.2) is 97.1 Å². The van der Waals surface area contributed by atoms with E-state index >= 15 is 0 Å². The number of fused-ring (bicyclic) bond motifs is 3. The van der Waals surface area contributed by atoms with Gasteiger partial charge in [0.2, 0.25) is 0 Å². The van der Waals surface area contributed by atoms with Gasteiger partial charge in [0, 0.05) is 16.3 Å². The standard InChI is InChI=1S/C25H16FN/c26-20-13-10-18(11-14-20)23-16-24(19-7-2-1-3-8-19)27-25-21-9-5-4-6-17(21)12-15-22(23)25/h1-16H. The number of benzene rings is 4. The van der Waals surface area contributed by atoms with Gasteiger partial charge in [-0.1, -0.05) is 78.9 Å². The average molecular weight is 349 g/mol. The smallest absolute Gasteiger partial charge is 0.123 e. The van der Waals surface area contributed by atoms with E-state index in [1.165, 1.54) is 12.1 Å². The van der Waals surface area contributed by atoms with Crippen LogP contribution in [0.25, 0.3) is 44.1 Å². The van der Waals surface area contributed by atoms with E-state index < -0.39 is 0 Å². The predicted molar refractivity (Wildman–Crippen MR) is 110 cm³/mol. The summed E-state index contributed by atoms with van der Waals surface area (Å²) in [4.78, 5) is 5.00. The van der Waals surface area contributed by atoms with Crippen molar-refractivity contribution in [3.63, 3.8) is 0 Å². The molecule has 0 atom stereocenters. The molecule has 5 aromatic rings. The van der Waals surface area contributed by atoms with Crippen molar-refractivity contribution in [3.05, 3.63) is 103 Å². The van der Waals surface area contributed by atoms with Crippen LogP contribution < -0.4 is 0 Å². The van der Waals surface area contributed by atoms with E-state index in [2.05, 4.69) is 42.5 Å². The number of rotatable bonds is 2. The summed E-state index contributed by atoms with van der Waals surface area (Å²) >= 11 is 0. The molecule has 128 valence electrons. The molecule has 0 aliphatic heterocycles. The van der Waals surface area contributed by atoms with Gasteiger partial charge in [-0.25, -0.2) is 9.37 Å². The van der Waals surface area contributed by atoms with Crippen LogP contribution in [0.1, 0.15) is 0 Å². The topological polar surface area (TPSA) is 12.9 Å². The van der Waals surface area contributed by atoms with Crippen molar-refractivity contribution in [1.29, 1.82) is 0 Å². The number of hydrogen-bond acceptors (Lipinski definition) is 1. The number of hydrogen-bond donors (Lipinski definition) is 0. The Kier molecular flexibility index (Phi) is 3.68. The third-order valence-corrected chi connectivity index (χ3v) is 4.93. The van der Waals surface area contributed by atoms with E-state index in [0.717, 1.165) is 44.1 Å². The number of aromatic nitrogens is 1. The molecule has 0 bridgehead atoms. The fraction of sp³-hybridized carbons (Fsp3) is 0. The number of nitrogens with zero attached hydrogens (tertiary/aromatic N) is 1. The first-order valence-corrected chi connectivity index (χ1v) is 8.93. The quantitative estimate of drug-likeness (QED) is 0.317. The molecule has 0 amide bonds. The highest BCUT2D eigenvalue weighted by Gasteiger charge is 2.12. The molecule has 0 aliphatic carbocycles. The van der Waals surface area contributed by atoms with Crippen molar-refractivity contribution in [3.8, 4) is 22.4 Å². The normalized spacial score (nSPS) is 11.1. The van der Waals surface area contributed by atoms with Crippen LogP contribution in [-0.4, -0.2) is 4.98 Å². The highest BCUT2D eigenvalue weighted by Crippen LogP contribution is 2.35. The maximum Gasteiger partial charge on any atom is 0.123 e. The molecule has 0 saturated carbocycles. The van der Waals surface area contributed by atoms with Gasteiger partial charge in [0.1, 0.15) is 5.82 Å². The van der Waals surface area contributed by atoms with Crippen LogP contribution >= 0.6 is 0 Å². The van der Waals surface area contributed by atoms with Gasteiger partial charge in [-0.15, -0.1) is 0 Å². The minimum atomic E-state index is -0.231. The molecule has 0 spiro atoms. The van der Waals surface area contributed by atoms with Crippen LogP contribution in [0.5, 0.6) is 0 Å². The summed E-state index contributed by atoms with van der Waals surface area (Å²) in [6.07, 6.45) is 0. The molecular formula is C25H16FN. The first-order valence-electron chi connectivity index (χ1n) is 8.93. The van der Waals surface area contributed by atoms with Crippen LogP contribution in [0.4, 0.5) is 4.39 Å². The lowest BCUT2D eigenvalue weighted by molar-refractivity contribution is 0.628. The summed E-state index contributed by atoms with van der Waals surface area (Å²) in [5.41, 5.74) is 4.99.